The lowest BCUT2D eigenvalue weighted by Gasteiger charge is -2.45. The zero-order chi connectivity index (χ0) is 23.9. The molecule has 0 radical (unpaired) electrons. The minimum absolute atomic E-state index is 0.0644. The highest BCUT2D eigenvalue weighted by Crippen LogP contribution is 2.42. The zero-order valence-electron chi connectivity index (χ0n) is 19.1. The first kappa shape index (κ1) is 22.9. The smallest absolute Gasteiger partial charge is 0.329 e. The van der Waals surface area contributed by atoms with E-state index in [9.17, 15) is 14.4 Å². The molecule has 0 aromatic heterocycles. The van der Waals surface area contributed by atoms with Crippen LogP contribution in [0.5, 0.6) is 0 Å². The summed E-state index contributed by atoms with van der Waals surface area (Å²) in [7, 11) is 2.09. The van der Waals surface area contributed by atoms with Gasteiger partial charge < -0.3 is 15.5 Å². The molecule has 2 heterocycles. The van der Waals surface area contributed by atoms with Gasteiger partial charge in [-0.05, 0) is 79.8 Å². The van der Waals surface area contributed by atoms with E-state index >= 15 is 0 Å². The van der Waals surface area contributed by atoms with Crippen LogP contribution in [0.1, 0.15) is 44.2 Å². The maximum atomic E-state index is 12.8. The summed E-state index contributed by atoms with van der Waals surface area (Å²) < 4.78 is 0. The Morgan fingerprint density at radius 2 is 1.91 bits per heavy atom. The van der Waals surface area contributed by atoms with E-state index in [2.05, 4.69) is 55.5 Å². The third-order valence-electron chi connectivity index (χ3n) is 6.36. The van der Waals surface area contributed by atoms with Crippen LogP contribution in [0.2, 0.25) is 5.02 Å². The summed E-state index contributed by atoms with van der Waals surface area (Å²) in [5.74, 6) is -0.642. The number of carbonyl (C=O) groups excluding carboxylic acids is 3. The van der Waals surface area contributed by atoms with Crippen LogP contribution < -0.4 is 15.5 Å². The number of urea groups is 1. The number of nitrogens with one attached hydrogen (secondary N) is 2. The molecule has 4 amide bonds. The number of amides is 4. The summed E-state index contributed by atoms with van der Waals surface area (Å²) in [6.07, 6.45) is 2.67. The average Bonchev–Trinajstić information content (AvgIpc) is 3.01. The minimum Gasteiger partial charge on any atom is -0.369 e. The van der Waals surface area contributed by atoms with Gasteiger partial charge in [-0.3, -0.25) is 9.59 Å². The highest BCUT2D eigenvalue weighted by molar-refractivity contribution is 6.30. The van der Waals surface area contributed by atoms with Crippen molar-refractivity contribution >= 4 is 46.9 Å². The molecular formula is C25H27ClN4O3. The molecule has 0 bridgehead atoms. The minimum atomic E-state index is -0.620. The number of fused-ring (bicyclic) bond motifs is 1. The van der Waals surface area contributed by atoms with Gasteiger partial charge in [0.15, 0.2) is 0 Å². The Morgan fingerprint density at radius 1 is 1.21 bits per heavy atom. The van der Waals surface area contributed by atoms with E-state index in [-0.39, 0.29) is 17.8 Å². The Morgan fingerprint density at radius 3 is 2.61 bits per heavy atom. The van der Waals surface area contributed by atoms with Crippen molar-refractivity contribution in [1.29, 1.82) is 0 Å². The highest BCUT2D eigenvalue weighted by Gasteiger charge is 2.36. The van der Waals surface area contributed by atoms with Gasteiger partial charge in [0.25, 0.3) is 5.91 Å². The standard InChI is InChI=1S/C25H27ClN4O3/c1-15-13-25(2,3)29(4)21-10-5-16(11-19(15)21)12-20-23(32)30(24(33)28-20)14-22(31)27-18-8-6-17(26)7-9-18/h5-12,15H,13-14H2,1-4H3,(H,27,31)(H,28,33)/b20-12+. The second-order valence-corrected chi connectivity index (χ2v) is 9.67. The van der Waals surface area contributed by atoms with Crippen molar-refractivity contribution in [1.82, 2.24) is 10.2 Å². The largest absolute Gasteiger partial charge is 0.369 e. The Kier molecular flexibility index (Phi) is 5.93. The molecule has 1 unspecified atom stereocenters. The summed E-state index contributed by atoms with van der Waals surface area (Å²) in [5, 5.41) is 5.78. The number of hydrogen-bond acceptors (Lipinski definition) is 4. The normalized spacial score (nSPS) is 20.6. The van der Waals surface area contributed by atoms with E-state index in [0.29, 0.717) is 16.6 Å². The third kappa shape index (κ3) is 4.59. The van der Waals surface area contributed by atoms with Crippen molar-refractivity contribution in [3.63, 3.8) is 0 Å². The average molecular weight is 467 g/mol. The monoisotopic (exact) mass is 466 g/mol. The van der Waals surface area contributed by atoms with Crippen molar-refractivity contribution < 1.29 is 14.4 Å². The lowest BCUT2D eigenvalue weighted by molar-refractivity contribution is -0.127. The Bertz CT molecular complexity index is 1160. The number of imide groups is 1. The topological polar surface area (TPSA) is 81.8 Å². The molecule has 172 valence electrons. The van der Waals surface area contributed by atoms with Gasteiger partial charge in [0.05, 0.1) is 0 Å². The highest BCUT2D eigenvalue weighted by atomic mass is 35.5. The lowest BCUT2D eigenvalue weighted by Crippen LogP contribution is -2.45. The van der Waals surface area contributed by atoms with Gasteiger partial charge in [0, 0.05) is 29.0 Å². The Balaban J connectivity index is 1.49. The first-order chi connectivity index (χ1) is 15.5. The maximum Gasteiger partial charge on any atom is 0.329 e. The van der Waals surface area contributed by atoms with Crippen LogP contribution >= 0.6 is 11.6 Å². The molecule has 7 nitrogen and oxygen atoms in total. The number of benzene rings is 2. The Labute approximate surface area is 198 Å². The first-order valence-electron chi connectivity index (χ1n) is 10.8. The van der Waals surface area contributed by atoms with Gasteiger partial charge in [-0.1, -0.05) is 24.6 Å². The molecule has 2 aliphatic rings. The van der Waals surface area contributed by atoms with Gasteiger partial charge in [-0.25, -0.2) is 9.69 Å². The van der Waals surface area contributed by atoms with Gasteiger partial charge in [0.1, 0.15) is 12.2 Å². The third-order valence-corrected chi connectivity index (χ3v) is 6.61. The van der Waals surface area contributed by atoms with Crippen LogP contribution in [0.4, 0.5) is 16.2 Å². The zero-order valence-corrected chi connectivity index (χ0v) is 19.9. The molecule has 1 fully saturated rings. The molecule has 2 aliphatic heterocycles. The molecule has 33 heavy (non-hydrogen) atoms. The number of carbonyl (C=O) groups is 3. The predicted molar refractivity (Wildman–Crippen MR) is 130 cm³/mol. The van der Waals surface area contributed by atoms with Crippen LogP contribution in [-0.2, 0) is 9.59 Å². The molecule has 0 aliphatic carbocycles. The summed E-state index contributed by atoms with van der Waals surface area (Å²) >= 11 is 5.85. The molecule has 2 aromatic carbocycles. The van der Waals surface area contributed by atoms with Crippen LogP contribution in [-0.4, -0.2) is 41.9 Å². The second kappa shape index (κ2) is 8.56. The molecule has 0 spiro atoms. The molecule has 1 atom stereocenters. The van der Waals surface area contributed by atoms with Crippen LogP contribution in [0.15, 0.2) is 48.2 Å². The predicted octanol–water partition coefficient (Wildman–Crippen LogP) is 4.59. The molecule has 0 saturated carbocycles. The molecular weight excluding hydrogens is 440 g/mol. The van der Waals surface area contributed by atoms with E-state index in [1.54, 1.807) is 30.3 Å². The second-order valence-electron chi connectivity index (χ2n) is 9.23. The number of nitrogens with zero attached hydrogens (tertiary/aromatic N) is 2. The molecule has 1 saturated heterocycles. The fourth-order valence-corrected chi connectivity index (χ4v) is 4.57. The van der Waals surface area contributed by atoms with Crippen molar-refractivity contribution in [2.45, 2.75) is 38.6 Å². The van der Waals surface area contributed by atoms with E-state index in [1.165, 1.54) is 11.3 Å². The summed E-state index contributed by atoms with van der Waals surface area (Å²) in [6.45, 7) is 6.28. The van der Waals surface area contributed by atoms with Crippen molar-refractivity contribution in [2.75, 3.05) is 23.8 Å². The summed E-state index contributed by atoms with van der Waals surface area (Å²) in [4.78, 5) is 40.7. The maximum absolute atomic E-state index is 12.8. The van der Waals surface area contributed by atoms with E-state index in [0.717, 1.165) is 16.9 Å². The van der Waals surface area contributed by atoms with Gasteiger partial charge >= 0.3 is 6.03 Å². The van der Waals surface area contributed by atoms with Crippen LogP contribution in [0, 0.1) is 0 Å². The first-order valence-corrected chi connectivity index (χ1v) is 11.2. The summed E-state index contributed by atoms with van der Waals surface area (Å²) in [5.41, 5.74) is 3.95. The van der Waals surface area contributed by atoms with Crippen molar-refractivity contribution in [3.8, 4) is 0 Å². The van der Waals surface area contributed by atoms with Gasteiger partial charge in [-0.15, -0.1) is 0 Å². The molecule has 2 aromatic rings. The fraction of sp³-hybridized carbons (Fsp3) is 0.320. The van der Waals surface area contributed by atoms with Crippen LogP contribution in [0.25, 0.3) is 6.08 Å². The van der Waals surface area contributed by atoms with E-state index < -0.39 is 17.8 Å². The fourth-order valence-electron chi connectivity index (χ4n) is 4.44. The van der Waals surface area contributed by atoms with E-state index in [1.807, 2.05) is 6.07 Å². The van der Waals surface area contributed by atoms with Crippen LogP contribution in [0.3, 0.4) is 0 Å². The summed E-state index contributed by atoms with van der Waals surface area (Å²) in [6, 6.07) is 12.0. The number of hydrogen-bond donors (Lipinski definition) is 2. The van der Waals surface area contributed by atoms with Crippen molar-refractivity contribution in [2.24, 2.45) is 0 Å². The quantitative estimate of drug-likeness (QED) is 0.510. The molecule has 8 heteroatoms. The van der Waals surface area contributed by atoms with Gasteiger partial charge in [-0.2, -0.15) is 0 Å². The SMILES string of the molecule is CC1CC(C)(C)N(C)c2ccc(/C=C3/NC(=O)N(CC(=O)Nc4ccc(Cl)cc4)C3=O)cc21. The van der Waals surface area contributed by atoms with Crippen molar-refractivity contribution in [3.05, 3.63) is 64.3 Å². The number of halogens is 1. The molecule has 4 rings (SSSR count). The van der Waals surface area contributed by atoms with E-state index in [4.69, 9.17) is 11.6 Å². The Hall–Kier alpha value is -3.32. The number of anilines is 2. The lowest BCUT2D eigenvalue weighted by atomic mass is 9.80. The molecule has 2 N–H and O–H groups in total. The van der Waals surface area contributed by atoms with Gasteiger partial charge in [0.2, 0.25) is 5.91 Å². The number of rotatable bonds is 4.